The van der Waals surface area contributed by atoms with Crippen molar-refractivity contribution in [1.82, 2.24) is 9.13 Å². The second kappa shape index (κ2) is 10.8. The van der Waals surface area contributed by atoms with E-state index in [9.17, 15) is 0 Å². The Kier molecular flexibility index (Phi) is 5.96. The number of hydrogen-bond donors (Lipinski definition) is 0. The zero-order valence-electron chi connectivity index (χ0n) is 27.6. The lowest BCUT2D eigenvalue weighted by atomic mass is 10.0. The van der Waals surface area contributed by atoms with Crippen LogP contribution < -0.4 is 0 Å². The van der Waals surface area contributed by atoms with Crippen molar-refractivity contribution < 1.29 is 4.42 Å². The standard InChI is InChI=1S/C48H30N2O/c1-2-10-31(11-3-1)34-22-27-45-40(28-34)41-30-48-42(39-14-6-9-17-47(39)51-48)29-46(41)50(45)36-25-20-33(21-26-36)32-18-23-35(24-19-32)49-43-15-7-4-12-37(43)38-13-5-8-16-44(38)49/h1-30H. The van der Waals surface area contributed by atoms with Gasteiger partial charge in [0, 0.05) is 43.7 Å². The molecule has 0 aliphatic heterocycles. The molecule has 0 atom stereocenters. The summed E-state index contributed by atoms with van der Waals surface area (Å²) in [5.74, 6) is 0. The zero-order valence-corrected chi connectivity index (χ0v) is 27.6. The maximum Gasteiger partial charge on any atom is 0.136 e. The lowest BCUT2D eigenvalue weighted by Crippen LogP contribution is -1.95. The molecular weight excluding hydrogens is 621 g/mol. The van der Waals surface area contributed by atoms with Crippen LogP contribution in [-0.4, -0.2) is 9.13 Å². The molecule has 0 radical (unpaired) electrons. The fraction of sp³-hybridized carbons (Fsp3) is 0. The predicted molar refractivity (Wildman–Crippen MR) is 213 cm³/mol. The van der Waals surface area contributed by atoms with Crippen LogP contribution in [0.25, 0.3) is 99.2 Å². The van der Waals surface area contributed by atoms with Gasteiger partial charge in [0.05, 0.1) is 22.1 Å². The molecule has 0 spiro atoms. The third kappa shape index (κ3) is 4.25. The van der Waals surface area contributed by atoms with Crippen molar-refractivity contribution in [3.63, 3.8) is 0 Å². The van der Waals surface area contributed by atoms with Gasteiger partial charge in [-0.3, -0.25) is 0 Å². The number of aromatic nitrogens is 2. The second-order valence-corrected chi connectivity index (χ2v) is 13.4. The number of rotatable bonds is 4. The first-order valence-corrected chi connectivity index (χ1v) is 17.4. The highest BCUT2D eigenvalue weighted by molar-refractivity contribution is 6.17. The molecule has 8 aromatic carbocycles. The highest BCUT2D eigenvalue weighted by atomic mass is 16.3. The Hall–Kier alpha value is -6.84. The summed E-state index contributed by atoms with van der Waals surface area (Å²) < 4.78 is 11.1. The Balaban J connectivity index is 1.04. The Morgan fingerprint density at radius 3 is 1.43 bits per heavy atom. The van der Waals surface area contributed by atoms with Crippen LogP contribution in [0.4, 0.5) is 0 Å². The average molecular weight is 651 g/mol. The van der Waals surface area contributed by atoms with Crippen molar-refractivity contribution in [2.75, 3.05) is 0 Å². The zero-order chi connectivity index (χ0) is 33.5. The van der Waals surface area contributed by atoms with Crippen molar-refractivity contribution >= 4 is 65.6 Å². The topological polar surface area (TPSA) is 23.0 Å². The molecule has 0 aliphatic rings. The van der Waals surface area contributed by atoms with Gasteiger partial charge < -0.3 is 13.6 Å². The monoisotopic (exact) mass is 650 g/mol. The van der Waals surface area contributed by atoms with E-state index in [-0.39, 0.29) is 0 Å². The number of benzene rings is 8. The minimum Gasteiger partial charge on any atom is -0.456 e. The van der Waals surface area contributed by atoms with Crippen molar-refractivity contribution in [1.29, 1.82) is 0 Å². The smallest absolute Gasteiger partial charge is 0.136 e. The van der Waals surface area contributed by atoms with E-state index in [0.717, 1.165) is 38.8 Å². The highest BCUT2D eigenvalue weighted by Gasteiger charge is 2.18. The van der Waals surface area contributed by atoms with Crippen LogP contribution >= 0.6 is 0 Å². The Labute approximate surface area is 293 Å². The third-order valence-electron chi connectivity index (χ3n) is 10.5. The van der Waals surface area contributed by atoms with Gasteiger partial charge in [0.15, 0.2) is 0 Å². The molecule has 0 amide bonds. The van der Waals surface area contributed by atoms with Crippen LogP contribution in [0.15, 0.2) is 186 Å². The molecule has 0 N–H and O–H groups in total. The summed E-state index contributed by atoms with van der Waals surface area (Å²) in [6.07, 6.45) is 0. The van der Waals surface area contributed by atoms with Gasteiger partial charge in [-0.1, -0.05) is 115 Å². The maximum absolute atomic E-state index is 6.37. The summed E-state index contributed by atoms with van der Waals surface area (Å²) in [6.45, 7) is 0. The van der Waals surface area contributed by atoms with E-state index in [0.29, 0.717) is 0 Å². The molecule has 3 aromatic heterocycles. The van der Waals surface area contributed by atoms with Gasteiger partial charge in [-0.25, -0.2) is 0 Å². The summed E-state index contributed by atoms with van der Waals surface area (Å²) in [7, 11) is 0. The normalized spacial score (nSPS) is 11.9. The van der Waals surface area contributed by atoms with Crippen LogP contribution in [-0.2, 0) is 0 Å². The largest absolute Gasteiger partial charge is 0.456 e. The Morgan fingerprint density at radius 1 is 0.275 bits per heavy atom. The van der Waals surface area contributed by atoms with Gasteiger partial charge in [0.1, 0.15) is 11.2 Å². The predicted octanol–water partition coefficient (Wildman–Crippen LogP) is 13.1. The van der Waals surface area contributed by atoms with E-state index in [2.05, 4.69) is 179 Å². The minimum absolute atomic E-state index is 0.910. The number of fused-ring (bicyclic) bond motifs is 9. The Bertz CT molecular complexity index is 3050. The van der Waals surface area contributed by atoms with Crippen LogP contribution in [0.1, 0.15) is 0 Å². The molecule has 3 heterocycles. The van der Waals surface area contributed by atoms with E-state index in [4.69, 9.17) is 4.42 Å². The van der Waals surface area contributed by atoms with E-state index >= 15 is 0 Å². The van der Waals surface area contributed by atoms with E-state index in [1.165, 1.54) is 60.3 Å². The summed E-state index contributed by atoms with van der Waals surface area (Å²) in [6, 6.07) is 65.5. The van der Waals surface area contributed by atoms with Gasteiger partial charge in [-0.05, 0) is 89.0 Å². The van der Waals surface area contributed by atoms with Crippen molar-refractivity contribution in [3.8, 4) is 33.6 Å². The molecule has 0 saturated heterocycles. The molecule has 0 aliphatic carbocycles. The first-order chi connectivity index (χ1) is 25.3. The van der Waals surface area contributed by atoms with Crippen molar-refractivity contribution in [3.05, 3.63) is 182 Å². The van der Waals surface area contributed by atoms with Gasteiger partial charge in [-0.2, -0.15) is 0 Å². The number of para-hydroxylation sites is 3. The second-order valence-electron chi connectivity index (χ2n) is 13.4. The van der Waals surface area contributed by atoms with Crippen molar-refractivity contribution in [2.24, 2.45) is 0 Å². The highest BCUT2D eigenvalue weighted by Crippen LogP contribution is 2.40. The number of nitrogens with zero attached hydrogens (tertiary/aromatic N) is 2. The summed E-state index contributed by atoms with van der Waals surface area (Å²) in [5.41, 5.74) is 13.7. The first kappa shape index (κ1) is 28.0. The molecule has 3 heteroatoms. The third-order valence-corrected chi connectivity index (χ3v) is 10.5. The van der Waals surface area contributed by atoms with E-state index < -0.39 is 0 Å². The molecule has 3 nitrogen and oxygen atoms in total. The van der Waals surface area contributed by atoms with Gasteiger partial charge in [0.25, 0.3) is 0 Å². The van der Waals surface area contributed by atoms with Crippen LogP contribution in [0, 0.1) is 0 Å². The molecule has 11 aromatic rings. The quantitative estimate of drug-likeness (QED) is 0.186. The molecule has 51 heavy (non-hydrogen) atoms. The van der Waals surface area contributed by atoms with Crippen LogP contribution in [0.3, 0.4) is 0 Å². The van der Waals surface area contributed by atoms with Crippen LogP contribution in [0.5, 0.6) is 0 Å². The molecule has 0 saturated carbocycles. The lowest BCUT2D eigenvalue weighted by Gasteiger charge is -2.11. The molecule has 11 rings (SSSR count). The van der Waals surface area contributed by atoms with Gasteiger partial charge in [0.2, 0.25) is 0 Å². The maximum atomic E-state index is 6.37. The molecule has 0 fully saturated rings. The molecular formula is C48H30N2O. The number of furan rings is 1. The van der Waals surface area contributed by atoms with E-state index in [1.54, 1.807) is 0 Å². The Morgan fingerprint density at radius 2 is 0.765 bits per heavy atom. The van der Waals surface area contributed by atoms with Crippen LogP contribution in [0.2, 0.25) is 0 Å². The fourth-order valence-electron chi connectivity index (χ4n) is 8.13. The lowest BCUT2D eigenvalue weighted by molar-refractivity contribution is 0.669. The number of hydrogen-bond acceptors (Lipinski definition) is 1. The molecule has 238 valence electrons. The van der Waals surface area contributed by atoms with Crippen molar-refractivity contribution in [2.45, 2.75) is 0 Å². The molecule has 0 bridgehead atoms. The van der Waals surface area contributed by atoms with Gasteiger partial charge >= 0.3 is 0 Å². The SMILES string of the molecule is c1ccc(-c2ccc3c(c2)c2cc4oc5ccccc5c4cc2n3-c2ccc(-c3ccc(-n4c5ccccc5c5ccccc54)cc3)cc2)cc1. The fourth-order valence-corrected chi connectivity index (χ4v) is 8.13. The first-order valence-electron chi connectivity index (χ1n) is 17.4. The average Bonchev–Trinajstić information content (AvgIpc) is 3.84. The summed E-state index contributed by atoms with van der Waals surface area (Å²) >= 11 is 0. The summed E-state index contributed by atoms with van der Waals surface area (Å²) in [4.78, 5) is 0. The van der Waals surface area contributed by atoms with E-state index in [1.807, 2.05) is 12.1 Å². The van der Waals surface area contributed by atoms with Gasteiger partial charge in [-0.15, -0.1) is 0 Å². The summed E-state index contributed by atoms with van der Waals surface area (Å²) in [5, 5.41) is 7.20. The molecule has 0 unspecified atom stereocenters. The minimum atomic E-state index is 0.910.